The first-order valence-electron chi connectivity index (χ1n) is 16.5. The average Bonchev–Trinajstić information content (AvgIpc) is 3.14. The Balaban J connectivity index is 1.60. The van der Waals surface area contributed by atoms with Crippen molar-refractivity contribution in [3.8, 4) is 22.6 Å². The lowest BCUT2D eigenvalue weighted by atomic mass is 9.88. The van der Waals surface area contributed by atoms with Crippen LogP contribution in [-0.2, 0) is 4.74 Å². The quantitative estimate of drug-likeness (QED) is 0.0520. The number of esters is 2. The number of halogens is 17. The summed E-state index contributed by atoms with van der Waals surface area (Å²) in [5, 5.41) is 0. The molecule has 0 aliphatic rings. The zero-order valence-corrected chi connectivity index (χ0v) is 29.3. The summed E-state index contributed by atoms with van der Waals surface area (Å²) < 4.78 is 244. The lowest BCUT2D eigenvalue weighted by Crippen LogP contribution is -2.74. The first kappa shape index (κ1) is 47.6. The molecule has 0 radical (unpaired) electrons. The molecular weight excluding hydrogens is 835 g/mol. The van der Waals surface area contributed by atoms with Crippen LogP contribution in [0.15, 0.2) is 72.8 Å². The molecule has 0 atom stereocenters. The third kappa shape index (κ3) is 9.24. The van der Waals surface area contributed by atoms with Gasteiger partial charge in [0.05, 0.1) is 30.8 Å². The highest BCUT2D eigenvalue weighted by molar-refractivity contribution is 5.92. The van der Waals surface area contributed by atoms with Crippen LogP contribution < -0.4 is 9.47 Å². The van der Waals surface area contributed by atoms with Gasteiger partial charge in [0.2, 0.25) is 0 Å². The monoisotopic (exact) mass is 864 g/mol. The van der Waals surface area contributed by atoms with E-state index in [1.165, 1.54) is 12.1 Å². The Morgan fingerprint density at radius 1 is 0.466 bits per heavy atom. The number of hydrogen-bond acceptors (Lipinski definition) is 5. The summed E-state index contributed by atoms with van der Waals surface area (Å²) in [6.45, 7) is 0.560. The van der Waals surface area contributed by atoms with Gasteiger partial charge in [-0.3, -0.25) is 0 Å². The minimum absolute atomic E-state index is 0.0528. The molecule has 3 rings (SSSR count). The van der Waals surface area contributed by atoms with E-state index in [-0.39, 0.29) is 11.3 Å². The van der Waals surface area contributed by atoms with E-state index in [1.807, 2.05) is 0 Å². The van der Waals surface area contributed by atoms with Gasteiger partial charge in [0, 0.05) is 0 Å². The first-order chi connectivity index (χ1) is 26.5. The van der Waals surface area contributed by atoms with Crippen LogP contribution in [0.3, 0.4) is 0 Å². The minimum atomic E-state index is -8.74. The molecule has 22 heteroatoms. The molecule has 0 saturated carbocycles. The van der Waals surface area contributed by atoms with E-state index in [9.17, 15) is 84.2 Å². The predicted molar refractivity (Wildman–Crippen MR) is 168 cm³/mol. The van der Waals surface area contributed by atoms with Crippen LogP contribution in [0, 0.1) is 0 Å². The number of unbranched alkanes of at least 4 members (excludes halogenated alkanes) is 3. The number of rotatable bonds is 19. The molecule has 0 amide bonds. The van der Waals surface area contributed by atoms with Crippen molar-refractivity contribution in [1.82, 2.24) is 0 Å². The van der Waals surface area contributed by atoms with Crippen molar-refractivity contribution >= 4 is 11.9 Å². The molecule has 0 aliphatic carbocycles. The second-order valence-electron chi connectivity index (χ2n) is 12.5. The summed E-state index contributed by atoms with van der Waals surface area (Å²) in [7, 11) is 0. The number of ether oxygens (including phenoxy) is 3. The fraction of sp³-hybridized carbons (Fsp3) is 0.444. The number of carbonyl (C=O) groups excluding carboxylic acids is 2. The molecule has 0 bridgehead atoms. The Kier molecular flexibility index (Phi) is 14.1. The molecule has 0 fully saturated rings. The van der Waals surface area contributed by atoms with Crippen LogP contribution in [0.2, 0.25) is 0 Å². The number of benzene rings is 3. The Labute approximate surface area is 317 Å². The average molecular weight is 865 g/mol. The van der Waals surface area contributed by atoms with Crippen LogP contribution in [0.5, 0.6) is 11.5 Å². The van der Waals surface area contributed by atoms with Gasteiger partial charge in [0.25, 0.3) is 0 Å². The smallest absolute Gasteiger partial charge is 0.460 e. The zero-order valence-electron chi connectivity index (χ0n) is 29.3. The molecule has 0 aliphatic heterocycles. The highest BCUT2D eigenvalue weighted by Gasteiger charge is 2.95. The zero-order chi connectivity index (χ0) is 44.2. The van der Waals surface area contributed by atoms with E-state index in [1.54, 1.807) is 36.4 Å². The largest absolute Gasteiger partial charge is 0.494 e. The molecule has 3 aromatic rings. The van der Waals surface area contributed by atoms with Crippen molar-refractivity contribution in [2.24, 2.45) is 0 Å². The Morgan fingerprint density at radius 3 is 1.36 bits per heavy atom. The number of hydrogen-bond donors (Lipinski definition) is 0. The highest BCUT2D eigenvalue weighted by atomic mass is 19.4. The summed E-state index contributed by atoms with van der Waals surface area (Å²) in [6.07, 6.45) is -6.61. The molecule has 58 heavy (non-hydrogen) atoms. The maximum absolute atomic E-state index is 14.1. The summed E-state index contributed by atoms with van der Waals surface area (Å²) in [5.41, 5.74) is 0.941. The van der Waals surface area contributed by atoms with E-state index in [0.29, 0.717) is 12.4 Å². The molecule has 3 aromatic carbocycles. The van der Waals surface area contributed by atoms with Crippen molar-refractivity contribution in [3.63, 3.8) is 0 Å². The van der Waals surface area contributed by atoms with E-state index < -0.39 is 78.2 Å². The summed E-state index contributed by atoms with van der Waals surface area (Å²) in [4.78, 5) is 24.8. The molecule has 5 nitrogen and oxygen atoms in total. The summed E-state index contributed by atoms with van der Waals surface area (Å²) in [5.74, 6) is -59.5. The lowest BCUT2D eigenvalue weighted by molar-refractivity contribution is -0.461. The molecule has 0 spiro atoms. The molecule has 0 saturated heterocycles. The van der Waals surface area contributed by atoms with Crippen LogP contribution in [0.1, 0.15) is 59.7 Å². The second-order valence-corrected chi connectivity index (χ2v) is 12.5. The van der Waals surface area contributed by atoms with Crippen molar-refractivity contribution < 1.29 is 98.4 Å². The maximum atomic E-state index is 14.1. The van der Waals surface area contributed by atoms with Crippen molar-refractivity contribution in [2.45, 2.75) is 86.7 Å². The fourth-order valence-electron chi connectivity index (χ4n) is 4.79. The van der Waals surface area contributed by atoms with Gasteiger partial charge in [-0.1, -0.05) is 50.5 Å². The van der Waals surface area contributed by atoms with Gasteiger partial charge >= 0.3 is 59.6 Å². The molecule has 0 heterocycles. The molecular formula is C36H29F17O5. The fourth-order valence-corrected chi connectivity index (χ4v) is 4.79. The van der Waals surface area contributed by atoms with Crippen LogP contribution >= 0.6 is 0 Å². The second kappa shape index (κ2) is 17.2. The normalized spacial score (nSPS) is 13.6. The molecule has 0 aromatic heterocycles. The number of alkyl halides is 17. The first-order valence-corrected chi connectivity index (χ1v) is 16.5. The molecule has 0 N–H and O–H groups in total. The van der Waals surface area contributed by atoms with Gasteiger partial charge in [0.15, 0.2) is 0 Å². The van der Waals surface area contributed by atoms with Crippen LogP contribution in [0.4, 0.5) is 74.6 Å². The van der Waals surface area contributed by atoms with Gasteiger partial charge in [-0.25, -0.2) is 9.59 Å². The van der Waals surface area contributed by atoms with Crippen LogP contribution in [0.25, 0.3) is 11.1 Å². The van der Waals surface area contributed by atoms with E-state index in [0.717, 1.165) is 61.1 Å². The topological polar surface area (TPSA) is 61.8 Å². The number of carbonyl (C=O) groups is 2. The van der Waals surface area contributed by atoms with Crippen LogP contribution in [-0.4, -0.2) is 72.8 Å². The third-order valence-electron chi connectivity index (χ3n) is 8.31. The van der Waals surface area contributed by atoms with Crippen molar-refractivity contribution in [2.75, 3.05) is 13.2 Å². The SMILES string of the molecule is CCCCCCOc1ccc(-c2ccc(C(=O)Oc3ccc(C(=O)OCCC(F)(F)C(F)(F)C(F)(F)C(F)(F)C(F)(F)C(F)(F)C(F)(F)C(F)(F)F)cc3)cc2)cc1. The maximum Gasteiger partial charge on any atom is 0.460 e. The highest BCUT2D eigenvalue weighted by Crippen LogP contribution is 2.64. The minimum Gasteiger partial charge on any atom is -0.494 e. The van der Waals surface area contributed by atoms with E-state index >= 15 is 0 Å². The summed E-state index contributed by atoms with van der Waals surface area (Å²) in [6, 6.07) is 16.7. The van der Waals surface area contributed by atoms with Crippen molar-refractivity contribution in [3.05, 3.63) is 83.9 Å². The van der Waals surface area contributed by atoms with Gasteiger partial charge in [-0.15, -0.1) is 0 Å². The Bertz CT molecular complexity index is 1840. The van der Waals surface area contributed by atoms with Crippen molar-refractivity contribution in [1.29, 1.82) is 0 Å². The van der Waals surface area contributed by atoms with E-state index in [2.05, 4.69) is 11.7 Å². The van der Waals surface area contributed by atoms with Gasteiger partial charge in [0.1, 0.15) is 11.5 Å². The van der Waals surface area contributed by atoms with Gasteiger partial charge in [-0.2, -0.15) is 74.6 Å². The summed E-state index contributed by atoms with van der Waals surface area (Å²) >= 11 is 0. The standard InChI is InChI=1S/C36H29F17O5/c1-2-3-4-5-19-56-25-14-10-22(11-15-25)21-6-8-24(9-7-21)28(55)58-26-16-12-23(13-17-26)27(54)57-20-18-29(37,38)30(39,40)31(41,42)32(43,44)33(45,46)34(47,48)35(49,50)36(51,52)53/h6-17H,2-5,18-20H2,1H3. The van der Waals surface area contributed by atoms with Gasteiger partial charge < -0.3 is 14.2 Å². The Morgan fingerprint density at radius 2 is 0.879 bits per heavy atom. The molecule has 322 valence electrons. The lowest BCUT2D eigenvalue weighted by Gasteiger charge is -2.42. The van der Waals surface area contributed by atoms with E-state index in [4.69, 9.17) is 9.47 Å². The molecule has 0 unspecified atom stereocenters. The predicted octanol–water partition coefficient (Wildman–Crippen LogP) is 12.1. The third-order valence-corrected chi connectivity index (χ3v) is 8.31. The Hall–Kier alpha value is -4.79. The van der Waals surface area contributed by atoms with Gasteiger partial charge in [-0.05, 0) is 66.1 Å².